The van der Waals surface area contributed by atoms with Gasteiger partial charge in [-0.15, -0.1) is 11.3 Å². The van der Waals surface area contributed by atoms with E-state index in [9.17, 15) is 4.79 Å². The molecular weight excluding hydrogens is 292 g/mol. The zero-order valence-electron chi connectivity index (χ0n) is 12.0. The van der Waals surface area contributed by atoms with E-state index in [1.165, 1.54) is 5.56 Å². The van der Waals surface area contributed by atoms with E-state index in [0.29, 0.717) is 12.1 Å². The van der Waals surface area contributed by atoms with E-state index >= 15 is 0 Å². The fraction of sp³-hybridized carbons (Fsp3) is 0.111. The molecule has 1 N–H and O–H groups in total. The third-order valence-electron chi connectivity index (χ3n) is 3.26. The Hall–Kier alpha value is -2.46. The third-order valence-corrected chi connectivity index (χ3v) is 4.16. The minimum atomic E-state index is -0.0711. The first kappa shape index (κ1) is 14.5. The van der Waals surface area contributed by atoms with Crippen molar-refractivity contribution in [1.82, 2.24) is 10.3 Å². The highest BCUT2D eigenvalue weighted by Gasteiger charge is 2.07. The number of aromatic nitrogens is 1. The van der Waals surface area contributed by atoms with Crippen molar-refractivity contribution in [1.29, 1.82) is 0 Å². The summed E-state index contributed by atoms with van der Waals surface area (Å²) in [4.78, 5) is 16.6. The van der Waals surface area contributed by atoms with Gasteiger partial charge in [-0.25, -0.2) is 4.98 Å². The van der Waals surface area contributed by atoms with Gasteiger partial charge >= 0.3 is 0 Å². The standard InChI is InChI=1S/C18H16N2OS/c21-18(15-9-5-2-6-10-15)19-12-16-13-22-17(20-16)11-14-7-3-1-4-8-14/h1-10,13H,11-12H2,(H,19,21). The van der Waals surface area contributed by atoms with Crippen molar-refractivity contribution in [2.75, 3.05) is 0 Å². The highest BCUT2D eigenvalue weighted by Crippen LogP contribution is 2.14. The second kappa shape index (κ2) is 7.00. The Kier molecular flexibility index (Phi) is 4.61. The van der Waals surface area contributed by atoms with Crippen LogP contribution in [-0.4, -0.2) is 10.9 Å². The molecule has 3 nitrogen and oxygen atoms in total. The summed E-state index contributed by atoms with van der Waals surface area (Å²) >= 11 is 1.63. The summed E-state index contributed by atoms with van der Waals surface area (Å²) < 4.78 is 0. The largest absolute Gasteiger partial charge is 0.346 e. The Morgan fingerprint density at radius 2 is 1.68 bits per heavy atom. The van der Waals surface area contributed by atoms with Crippen LogP contribution in [0.25, 0.3) is 0 Å². The van der Waals surface area contributed by atoms with Crippen LogP contribution in [0, 0.1) is 0 Å². The van der Waals surface area contributed by atoms with E-state index < -0.39 is 0 Å². The monoisotopic (exact) mass is 308 g/mol. The molecule has 0 spiro atoms. The van der Waals surface area contributed by atoms with Crippen LogP contribution < -0.4 is 5.32 Å². The molecule has 2 aromatic carbocycles. The zero-order chi connectivity index (χ0) is 15.2. The molecule has 0 saturated heterocycles. The lowest BCUT2D eigenvalue weighted by Crippen LogP contribution is -2.22. The molecule has 110 valence electrons. The molecule has 3 rings (SSSR count). The molecule has 1 heterocycles. The van der Waals surface area contributed by atoms with Gasteiger partial charge in [0.25, 0.3) is 5.91 Å². The van der Waals surface area contributed by atoms with Crippen molar-refractivity contribution in [3.05, 3.63) is 87.9 Å². The molecule has 0 aliphatic rings. The molecule has 0 saturated carbocycles. The summed E-state index contributed by atoms with van der Waals surface area (Å²) in [5.74, 6) is -0.0711. The first-order valence-corrected chi connectivity index (χ1v) is 8.00. The Labute approximate surface area is 133 Å². The fourth-order valence-electron chi connectivity index (χ4n) is 2.14. The maximum absolute atomic E-state index is 12.0. The van der Waals surface area contributed by atoms with Crippen LogP contribution in [0.1, 0.15) is 26.6 Å². The minimum absolute atomic E-state index is 0.0711. The van der Waals surface area contributed by atoms with Crippen molar-refractivity contribution in [2.24, 2.45) is 0 Å². The Morgan fingerprint density at radius 1 is 1.00 bits per heavy atom. The van der Waals surface area contributed by atoms with E-state index in [-0.39, 0.29) is 5.91 Å². The van der Waals surface area contributed by atoms with Gasteiger partial charge in [-0.2, -0.15) is 0 Å². The molecule has 1 aromatic heterocycles. The number of carbonyl (C=O) groups is 1. The van der Waals surface area contributed by atoms with Crippen molar-refractivity contribution in [3.63, 3.8) is 0 Å². The van der Waals surface area contributed by atoms with Gasteiger partial charge < -0.3 is 5.32 Å². The zero-order valence-corrected chi connectivity index (χ0v) is 12.8. The number of hydrogen-bond acceptors (Lipinski definition) is 3. The van der Waals surface area contributed by atoms with Gasteiger partial charge in [-0.1, -0.05) is 48.5 Å². The van der Waals surface area contributed by atoms with E-state index in [4.69, 9.17) is 0 Å². The van der Waals surface area contributed by atoms with Crippen LogP contribution in [0.3, 0.4) is 0 Å². The molecule has 0 bridgehead atoms. The molecule has 0 aliphatic heterocycles. The summed E-state index contributed by atoms with van der Waals surface area (Å²) in [6, 6.07) is 19.5. The average molecular weight is 308 g/mol. The van der Waals surface area contributed by atoms with Crippen LogP contribution in [0.4, 0.5) is 0 Å². The fourth-order valence-corrected chi connectivity index (χ4v) is 2.97. The predicted molar refractivity (Wildman–Crippen MR) is 89.0 cm³/mol. The van der Waals surface area contributed by atoms with E-state index in [2.05, 4.69) is 22.4 Å². The van der Waals surface area contributed by atoms with Crippen LogP contribution in [0.2, 0.25) is 0 Å². The lowest BCUT2D eigenvalue weighted by atomic mass is 10.2. The maximum Gasteiger partial charge on any atom is 0.251 e. The molecular formula is C18H16N2OS. The SMILES string of the molecule is O=C(NCc1csc(Cc2ccccc2)n1)c1ccccc1. The molecule has 0 atom stereocenters. The summed E-state index contributed by atoms with van der Waals surface area (Å²) in [5.41, 5.74) is 2.82. The molecule has 0 aliphatic carbocycles. The first-order chi connectivity index (χ1) is 10.8. The van der Waals surface area contributed by atoms with Crippen LogP contribution >= 0.6 is 11.3 Å². The normalized spacial score (nSPS) is 10.4. The predicted octanol–water partition coefficient (Wildman–Crippen LogP) is 3.66. The molecule has 4 heteroatoms. The lowest BCUT2D eigenvalue weighted by molar-refractivity contribution is 0.0950. The van der Waals surface area contributed by atoms with Crippen LogP contribution in [0.15, 0.2) is 66.0 Å². The molecule has 0 unspecified atom stereocenters. The van der Waals surface area contributed by atoms with Gasteiger partial charge in [0.2, 0.25) is 0 Å². The van der Waals surface area contributed by atoms with Crippen molar-refractivity contribution in [3.8, 4) is 0 Å². The van der Waals surface area contributed by atoms with E-state index in [1.54, 1.807) is 23.5 Å². The maximum atomic E-state index is 12.0. The van der Waals surface area contributed by atoms with Gasteiger partial charge in [0.15, 0.2) is 0 Å². The number of carbonyl (C=O) groups excluding carboxylic acids is 1. The van der Waals surface area contributed by atoms with E-state index in [0.717, 1.165) is 17.1 Å². The molecule has 1 amide bonds. The third kappa shape index (κ3) is 3.80. The summed E-state index contributed by atoms with van der Waals surface area (Å²) in [7, 11) is 0. The number of thiazole rings is 1. The second-order valence-corrected chi connectivity index (χ2v) is 5.89. The summed E-state index contributed by atoms with van der Waals surface area (Å²) in [6.45, 7) is 0.457. The van der Waals surface area contributed by atoms with Crippen LogP contribution in [-0.2, 0) is 13.0 Å². The van der Waals surface area contributed by atoms with Crippen molar-refractivity contribution in [2.45, 2.75) is 13.0 Å². The minimum Gasteiger partial charge on any atom is -0.346 e. The number of amides is 1. The number of nitrogens with one attached hydrogen (secondary N) is 1. The lowest BCUT2D eigenvalue weighted by Gasteiger charge is -2.02. The quantitative estimate of drug-likeness (QED) is 0.781. The van der Waals surface area contributed by atoms with Crippen molar-refractivity contribution < 1.29 is 4.79 Å². The highest BCUT2D eigenvalue weighted by molar-refractivity contribution is 7.09. The Morgan fingerprint density at radius 3 is 2.41 bits per heavy atom. The Bertz CT molecular complexity index is 738. The number of nitrogens with zero attached hydrogens (tertiary/aromatic N) is 1. The number of benzene rings is 2. The second-order valence-electron chi connectivity index (χ2n) is 4.94. The molecule has 22 heavy (non-hydrogen) atoms. The molecule has 3 aromatic rings. The molecule has 0 radical (unpaired) electrons. The van der Waals surface area contributed by atoms with Gasteiger partial charge in [-0.05, 0) is 17.7 Å². The number of rotatable bonds is 5. The summed E-state index contributed by atoms with van der Waals surface area (Å²) in [5, 5.41) is 5.97. The molecule has 0 fully saturated rings. The van der Waals surface area contributed by atoms with Gasteiger partial charge in [0.1, 0.15) is 0 Å². The highest BCUT2D eigenvalue weighted by atomic mass is 32.1. The number of hydrogen-bond donors (Lipinski definition) is 1. The average Bonchev–Trinajstić information content (AvgIpc) is 3.02. The topological polar surface area (TPSA) is 42.0 Å². The van der Waals surface area contributed by atoms with E-state index in [1.807, 2.05) is 41.8 Å². The van der Waals surface area contributed by atoms with Crippen LogP contribution in [0.5, 0.6) is 0 Å². The summed E-state index contributed by atoms with van der Waals surface area (Å²) in [6.07, 6.45) is 0.831. The Balaban J connectivity index is 1.57. The first-order valence-electron chi connectivity index (χ1n) is 7.12. The van der Waals surface area contributed by atoms with Crippen molar-refractivity contribution >= 4 is 17.2 Å². The van der Waals surface area contributed by atoms with Gasteiger partial charge in [-0.3, -0.25) is 4.79 Å². The van der Waals surface area contributed by atoms with Gasteiger partial charge in [0, 0.05) is 17.4 Å². The van der Waals surface area contributed by atoms with Gasteiger partial charge in [0.05, 0.1) is 17.2 Å². The smallest absolute Gasteiger partial charge is 0.251 e.